The molecular formula is C9H9NOSSe. The average Bonchev–Trinajstić information content (AvgIpc) is 2.41. The molecule has 13 heavy (non-hydrogen) atoms. The van der Waals surface area contributed by atoms with Crippen LogP contribution in [0.15, 0.2) is 3.77 Å². The van der Waals surface area contributed by atoms with Gasteiger partial charge >= 0.3 is 87.6 Å². The van der Waals surface area contributed by atoms with Crippen LogP contribution < -0.4 is 0 Å². The first-order valence-electron chi connectivity index (χ1n) is 3.70. The van der Waals surface area contributed by atoms with Crippen molar-refractivity contribution < 1.29 is 4.79 Å². The predicted molar refractivity (Wildman–Crippen MR) is 54.6 cm³/mol. The Morgan fingerprint density at radius 2 is 2.23 bits per heavy atom. The Kier molecular flexibility index (Phi) is 3.38. The fraction of sp³-hybridized carbons (Fsp3) is 0.333. The van der Waals surface area contributed by atoms with E-state index in [1.165, 1.54) is 0 Å². The number of Topliss-reactive ketones (excluding diaryl/α,β-unsaturated/α-hetero) is 1. The van der Waals surface area contributed by atoms with Crippen molar-refractivity contribution in [3.8, 4) is 6.07 Å². The molecular weight excluding hydrogens is 249 g/mol. The number of hydrogen-bond donors (Lipinski definition) is 0. The zero-order valence-electron chi connectivity index (χ0n) is 7.67. The van der Waals surface area contributed by atoms with Crippen LogP contribution in [0.4, 0.5) is 0 Å². The van der Waals surface area contributed by atoms with Crippen molar-refractivity contribution in [3.63, 3.8) is 0 Å². The van der Waals surface area contributed by atoms with E-state index in [9.17, 15) is 4.79 Å². The molecule has 0 aliphatic rings. The van der Waals surface area contributed by atoms with Gasteiger partial charge in [0, 0.05) is 0 Å². The number of nitriles is 1. The van der Waals surface area contributed by atoms with Gasteiger partial charge in [0.15, 0.2) is 0 Å². The molecule has 0 radical (unpaired) electrons. The molecule has 1 heterocycles. The van der Waals surface area contributed by atoms with E-state index in [2.05, 4.69) is 6.07 Å². The number of thioether (sulfide) groups is 1. The van der Waals surface area contributed by atoms with Gasteiger partial charge in [-0.15, -0.1) is 0 Å². The standard InChI is InChI=1S/C9H9NOSSe/c1-5-7(4-10)13-9(12-3)8(5)6(2)11/h1-3H3. The second kappa shape index (κ2) is 4.15. The van der Waals surface area contributed by atoms with Crippen molar-refractivity contribution in [3.05, 3.63) is 15.6 Å². The van der Waals surface area contributed by atoms with E-state index in [0.29, 0.717) is 0 Å². The van der Waals surface area contributed by atoms with E-state index < -0.39 is 0 Å². The zero-order valence-corrected chi connectivity index (χ0v) is 10.2. The van der Waals surface area contributed by atoms with E-state index in [0.717, 1.165) is 19.3 Å². The first kappa shape index (κ1) is 10.6. The molecule has 0 unspecified atom stereocenters. The number of nitrogens with zero attached hydrogens (tertiary/aromatic N) is 1. The molecule has 0 spiro atoms. The summed E-state index contributed by atoms with van der Waals surface area (Å²) in [6.07, 6.45) is 1.95. The number of ketones is 1. The minimum atomic E-state index is 0.0687. The quantitative estimate of drug-likeness (QED) is 0.462. The molecule has 1 rings (SSSR count). The molecule has 4 heteroatoms. The SMILES string of the molecule is CSc1[se]c(C#N)c(C)c1C(C)=O. The van der Waals surface area contributed by atoms with Crippen molar-refractivity contribution in [1.82, 2.24) is 0 Å². The van der Waals surface area contributed by atoms with Gasteiger partial charge in [-0.05, 0) is 0 Å². The Hall–Kier alpha value is -0.491. The van der Waals surface area contributed by atoms with Crippen molar-refractivity contribution >= 4 is 32.0 Å². The third-order valence-corrected chi connectivity index (χ3v) is 5.89. The van der Waals surface area contributed by atoms with Crippen LogP contribution in [-0.4, -0.2) is 26.5 Å². The van der Waals surface area contributed by atoms with Crippen LogP contribution in [0, 0.1) is 18.3 Å². The summed E-state index contributed by atoms with van der Waals surface area (Å²) in [5.74, 6) is 0.0778. The average molecular weight is 258 g/mol. The molecule has 1 aromatic heterocycles. The number of rotatable bonds is 2. The summed E-state index contributed by atoms with van der Waals surface area (Å²) in [7, 11) is 0. The van der Waals surface area contributed by atoms with Crippen LogP contribution >= 0.6 is 11.8 Å². The molecule has 0 atom stereocenters. The molecule has 2 nitrogen and oxygen atoms in total. The first-order valence-corrected chi connectivity index (χ1v) is 6.64. The number of carbonyl (C=O) groups excluding carboxylic acids is 1. The summed E-state index contributed by atoms with van der Waals surface area (Å²) in [5.41, 5.74) is 1.67. The van der Waals surface area contributed by atoms with Crippen molar-refractivity contribution in [1.29, 1.82) is 5.26 Å². The van der Waals surface area contributed by atoms with Gasteiger partial charge in [-0.1, -0.05) is 0 Å². The molecule has 0 bridgehead atoms. The zero-order chi connectivity index (χ0) is 10.0. The molecule has 1 aromatic rings. The molecule has 0 fully saturated rings. The molecule has 0 aromatic carbocycles. The summed E-state index contributed by atoms with van der Waals surface area (Å²) in [5, 5.41) is 8.81. The Balaban J connectivity index is 3.39. The van der Waals surface area contributed by atoms with Crippen molar-refractivity contribution in [2.24, 2.45) is 0 Å². The van der Waals surface area contributed by atoms with Crippen LogP contribution in [-0.2, 0) is 0 Å². The van der Waals surface area contributed by atoms with E-state index >= 15 is 0 Å². The van der Waals surface area contributed by atoms with Gasteiger partial charge < -0.3 is 0 Å². The van der Waals surface area contributed by atoms with Crippen molar-refractivity contribution in [2.75, 3.05) is 6.26 Å². The van der Waals surface area contributed by atoms with Gasteiger partial charge in [0.05, 0.1) is 0 Å². The fourth-order valence-corrected chi connectivity index (χ4v) is 4.54. The van der Waals surface area contributed by atoms with Crippen LogP contribution in [0.5, 0.6) is 0 Å². The number of carbonyl (C=O) groups is 1. The summed E-state index contributed by atoms with van der Waals surface area (Å²) in [6.45, 7) is 3.42. The predicted octanol–water partition coefficient (Wildman–Crippen LogP) is 1.85. The van der Waals surface area contributed by atoms with E-state index in [4.69, 9.17) is 5.26 Å². The molecule has 68 valence electrons. The summed E-state index contributed by atoms with van der Waals surface area (Å²) < 4.78 is 1.89. The maximum absolute atomic E-state index is 11.3. The molecule has 0 aliphatic heterocycles. The molecule has 0 aliphatic carbocycles. The van der Waals surface area contributed by atoms with Crippen LogP contribution in [0.2, 0.25) is 0 Å². The Bertz CT molecular complexity index is 389. The monoisotopic (exact) mass is 259 g/mol. The third kappa shape index (κ3) is 1.88. The van der Waals surface area contributed by atoms with E-state index in [-0.39, 0.29) is 20.3 Å². The van der Waals surface area contributed by atoms with E-state index in [1.54, 1.807) is 18.7 Å². The normalized spacial score (nSPS) is 9.69. The fourth-order valence-electron chi connectivity index (χ4n) is 1.15. The van der Waals surface area contributed by atoms with Gasteiger partial charge in [0.2, 0.25) is 0 Å². The first-order chi connectivity index (χ1) is 6.11. The maximum atomic E-state index is 11.3. The third-order valence-electron chi connectivity index (χ3n) is 1.75. The minimum absolute atomic E-state index is 0.0687. The molecule has 0 amide bonds. The van der Waals surface area contributed by atoms with Gasteiger partial charge in [-0.3, -0.25) is 0 Å². The van der Waals surface area contributed by atoms with Gasteiger partial charge in [-0.25, -0.2) is 0 Å². The topological polar surface area (TPSA) is 40.9 Å². The summed E-state index contributed by atoms with van der Waals surface area (Å²) in [6, 6.07) is 2.16. The Labute approximate surface area is 87.7 Å². The molecule has 0 saturated carbocycles. The summed E-state index contributed by atoms with van der Waals surface area (Å²) >= 11 is 1.65. The summed E-state index contributed by atoms with van der Waals surface area (Å²) in [4.78, 5) is 11.3. The van der Waals surface area contributed by atoms with Crippen LogP contribution in [0.1, 0.15) is 27.3 Å². The van der Waals surface area contributed by atoms with Crippen LogP contribution in [0.3, 0.4) is 0 Å². The second-order valence-electron chi connectivity index (χ2n) is 2.59. The van der Waals surface area contributed by atoms with Crippen molar-refractivity contribution in [2.45, 2.75) is 17.6 Å². The van der Waals surface area contributed by atoms with Gasteiger partial charge in [0.25, 0.3) is 0 Å². The van der Waals surface area contributed by atoms with Gasteiger partial charge in [-0.2, -0.15) is 0 Å². The van der Waals surface area contributed by atoms with E-state index in [1.807, 2.05) is 13.2 Å². The molecule has 0 saturated heterocycles. The Morgan fingerprint density at radius 3 is 2.54 bits per heavy atom. The second-order valence-corrected chi connectivity index (χ2v) is 6.13. The van der Waals surface area contributed by atoms with Gasteiger partial charge in [0.1, 0.15) is 0 Å². The Morgan fingerprint density at radius 1 is 1.62 bits per heavy atom. The van der Waals surface area contributed by atoms with Crippen LogP contribution in [0.25, 0.3) is 0 Å². The number of hydrogen-bond acceptors (Lipinski definition) is 3. The molecule has 0 N–H and O–H groups in total.